The maximum atomic E-state index is 11.2. The number of hydrogen-bond donors (Lipinski definition) is 1. The molecule has 0 aromatic rings. The summed E-state index contributed by atoms with van der Waals surface area (Å²) in [4.78, 5) is 22.1. The van der Waals surface area contributed by atoms with Gasteiger partial charge in [0, 0.05) is 5.57 Å². The molecule has 0 radical (unpaired) electrons. The summed E-state index contributed by atoms with van der Waals surface area (Å²) < 4.78 is 0. The normalized spacial score (nSPS) is 17.8. The number of carbonyl (C=O) groups excluding carboxylic acids is 2. The van der Waals surface area contributed by atoms with Crippen molar-refractivity contribution in [1.29, 1.82) is 0 Å². The largest absolute Gasteiger partial charge is 0.292 e. The Labute approximate surface area is 104 Å². The Kier molecular flexibility index (Phi) is 6.60. The predicted molar refractivity (Wildman–Crippen MR) is 68.5 cm³/mol. The predicted octanol–water partition coefficient (Wildman–Crippen LogP) is 3.10. The zero-order chi connectivity index (χ0) is 12.5. The van der Waals surface area contributed by atoms with E-state index in [1.54, 1.807) is 0 Å². The lowest BCUT2D eigenvalue weighted by Crippen LogP contribution is -2.19. The van der Waals surface area contributed by atoms with Gasteiger partial charge in [-0.05, 0) is 12.8 Å². The van der Waals surface area contributed by atoms with Gasteiger partial charge < -0.3 is 0 Å². The Balaban J connectivity index is 2.02. The van der Waals surface area contributed by atoms with Gasteiger partial charge in [0.25, 0.3) is 5.91 Å². The second-order valence-electron chi connectivity index (χ2n) is 4.69. The highest BCUT2D eigenvalue weighted by molar-refractivity contribution is 6.13. The summed E-state index contributed by atoms with van der Waals surface area (Å²) in [6.07, 6.45) is 12.0. The van der Waals surface area contributed by atoms with Gasteiger partial charge in [0.05, 0.1) is 6.42 Å². The van der Waals surface area contributed by atoms with Crippen LogP contribution in [0.4, 0.5) is 0 Å². The molecule has 3 nitrogen and oxygen atoms in total. The first-order chi connectivity index (χ1) is 8.24. The van der Waals surface area contributed by atoms with Crippen LogP contribution in [0.15, 0.2) is 11.6 Å². The Morgan fingerprint density at radius 1 is 1.06 bits per heavy atom. The van der Waals surface area contributed by atoms with Crippen molar-refractivity contribution < 1.29 is 9.59 Å². The maximum Gasteiger partial charge on any atom is 0.253 e. The third-order valence-corrected chi connectivity index (χ3v) is 3.09. The molecule has 3 heteroatoms. The fraction of sp³-hybridized carbons (Fsp3) is 0.714. The molecule has 1 aliphatic heterocycles. The van der Waals surface area contributed by atoms with Gasteiger partial charge in [0.15, 0.2) is 0 Å². The van der Waals surface area contributed by atoms with Gasteiger partial charge in [-0.1, -0.05) is 51.5 Å². The Bertz CT molecular complexity index is 295. The van der Waals surface area contributed by atoms with Crippen molar-refractivity contribution in [3.8, 4) is 0 Å². The molecule has 0 aromatic carbocycles. The van der Waals surface area contributed by atoms with E-state index in [-0.39, 0.29) is 18.2 Å². The van der Waals surface area contributed by atoms with Gasteiger partial charge in [-0.25, -0.2) is 0 Å². The van der Waals surface area contributed by atoms with Crippen molar-refractivity contribution in [1.82, 2.24) is 5.32 Å². The number of rotatable bonds is 8. The van der Waals surface area contributed by atoms with Crippen molar-refractivity contribution in [2.75, 3.05) is 0 Å². The van der Waals surface area contributed by atoms with Crippen LogP contribution in [0.3, 0.4) is 0 Å². The van der Waals surface area contributed by atoms with Crippen LogP contribution >= 0.6 is 0 Å². The average Bonchev–Trinajstić information content (AvgIpc) is 2.61. The third-order valence-electron chi connectivity index (χ3n) is 3.09. The summed E-state index contributed by atoms with van der Waals surface area (Å²) in [5.74, 6) is -0.362. The highest BCUT2D eigenvalue weighted by Crippen LogP contribution is 2.13. The molecule has 1 aliphatic rings. The lowest BCUT2D eigenvalue weighted by Gasteiger charge is -1.99. The van der Waals surface area contributed by atoms with Gasteiger partial charge >= 0.3 is 0 Å². The Morgan fingerprint density at radius 3 is 2.29 bits per heavy atom. The number of amides is 2. The molecular formula is C14H23NO2. The van der Waals surface area contributed by atoms with E-state index in [4.69, 9.17) is 0 Å². The zero-order valence-corrected chi connectivity index (χ0v) is 10.8. The molecule has 0 saturated carbocycles. The van der Waals surface area contributed by atoms with Gasteiger partial charge in [-0.2, -0.15) is 0 Å². The van der Waals surface area contributed by atoms with Gasteiger partial charge in [0.1, 0.15) is 0 Å². The molecule has 0 spiro atoms. The van der Waals surface area contributed by atoms with Crippen LogP contribution in [0.25, 0.3) is 0 Å². The monoisotopic (exact) mass is 237 g/mol. The molecule has 0 bridgehead atoms. The standard InChI is InChI=1S/C14H23NO2/c1-2-3-4-5-6-7-8-9-10-12-11-13(16)15-14(12)17/h10H,2-9,11H2,1H3,(H,15,16,17). The minimum Gasteiger partial charge on any atom is -0.292 e. The lowest BCUT2D eigenvalue weighted by molar-refractivity contribution is -0.124. The summed E-state index contributed by atoms with van der Waals surface area (Å²) in [5.41, 5.74) is 0.654. The molecule has 2 amide bonds. The molecule has 0 aliphatic carbocycles. The molecule has 1 saturated heterocycles. The van der Waals surface area contributed by atoms with E-state index in [1.165, 1.54) is 38.5 Å². The number of allylic oxidation sites excluding steroid dienone is 1. The molecule has 17 heavy (non-hydrogen) atoms. The number of unbranched alkanes of at least 4 members (excludes halogenated alkanes) is 7. The molecule has 1 fully saturated rings. The van der Waals surface area contributed by atoms with Gasteiger partial charge in [-0.15, -0.1) is 0 Å². The average molecular weight is 237 g/mol. The first-order valence-corrected chi connectivity index (χ1v) is 6.77. The maximum absolute atomic E-state index is 11.2. The molecule has 1 heterocycles. The van der Waals surface area contributed by atoms with Gasteiger partial charge in [0.2, 0.25) is 5.91 Å². The van der Waals surface area contributed by atoms with Gasteiger partial charge in [-0.3, -0.25) is 14.9 Å². The van der Waals surface area contributed by atoms with Crippen LogP contribution < -0.4 is 5.32 Å². The van der Waals surface area contributed by atoms with E-state index in [0.717, 1.165) is 12.8 Å². The molecule has 0 aromatic heterocycles. The van der Waals surface area contributed by atoms with E-state index >= 15 is 0 Å². The van der Waals surface area contributed by atoms with Crippen molar-refractivity contribution >= 4 is 11.8 Å². The van der Waals surface area contributed by atoms with Crippen LogP contribution in [0.5, 0.6) is 0 Å². The summed E-state index contributed by atoms with van der Waals surface area (Å²) in [5, 5.41) is 2.30. The van der Waals surface area contributed by atoms with Crippen molar-refractivity contribution in [2.24, 2.45) is 0 Å². The third kappa shape index (κ3) is 5.66. The summed E-state index contributed by atoms with van der Waals surface area (Å²) >= 11 is 0. The van der Waals surface area contributed by atoms with Crippen molar-refractivity contribution in [3.63, 3.8) is 0 Å². The van der Waals surface area contributed by atoms with Crippen molar-refractivity contribution in [2.45, 2.75) is 64.7 Å². The van der Waals surface area contributed by atoms with Crippen LogP contribution in [-0.4, -0.2) is 11.8 Å². The molecule has 0 atom stereocenters. The van der Waals surface area contributed by atoms with E-state index in [9.17, 15) is 9.59 Å². The molecule has 96 valence electrons. The second-order valence-corrected chi connectivity index (χ2v) is 4.69. The summed E-state index contributed by atoms with van der Waals surface area (Å²) in [6.45, 7) is 2.22. The topological polar surface area (TPSA) is 46.2 Å². The number of carbonyl (C=O) groups is 2. The quantitative estimate of drug-likeness (QED) is 0.400. The van der Waals surface area contributed by atoms with E-state index < -0.39 is 0 Å². The SMILES string of the molecule is CCCCCCCCCC=C1CC(=O)NC1=O. The number of nitrogens with one attached hydrogen (secondary N) is 1. The molecular weight excluding hydrogens is 214 g/mol. The minimum absolute atomic E-state index is 0.166. The minimum atomic E-state index is -0.196. The fourth-order valence-corrected chi connectivity index (χ4v) is 2.05. The smallest absolute Gasteiger partial charge is 0.253 e. The summed E-state index contributed by atoms with van der Waals surface area (Å²) in [6, 6.07) is 0. The summed E-state index contributed by atoms with van der Waals surface area (Å²) in [7, 11) is 0. The lowest BCUT2D eigenvalue weighted by atomic mass is 10.1. The highest BCUT2D eigenvalue weighted by atomic mass is 16.2. The van der Waals surface area contributed by atoms with Crippen LogP contribution in [-0.2, 0) is 9.59 Å². The fourth-order valence-electron chi connectivity index (χ4n) is 2.05. The van der Waals surface area contributed by atoms with E-state index in [2.05, 4.69) is 12.2 Å². The molecule has 1 N–H and O–H groups in total. The van der Waals surface area contributed by atoms with Crippen LogP contribution in [0.2, 0.25) is 0 Å². The zero-order valence-electron chi connectivity index (χ0n) is 10.8. The Hall–Kier alpha value is -1.12. The highest BCUT2D eigenvalue weighted by Gasteiger charge is 2.22. The molecule has 1 rings (SSSR count). The van der Waals surface area contributed by atoms with E-state index in [1.807, 2.05) is 6.08 Å². The second kappa shape index (κ2) is 8.04. The van der Waals surface area contributed by atoms with Crippen LogP contribution in [0, 0.1) is 0 Å². The number of hydrogen-bond acceptors (Lipinski definition) is 2. The molecule has 0 unspecified atom stereocenters. The first-order valence-electron chi connectivity index (χ1n) is 6.77. The Morgan fingerprint density at radius 2 is 1.71 bits per heavy atom. The first kappa shape index (κ1) is 13.9. The number of imide groups is 1. The van der Waals surface area contributed by atoms with Crippen molar-refractivity contribution in [3.05, 3.63) is 11.6 Å². The van der Waals surface area contributed by atoms with E-state index in [0.29, 0.717) is 5.57 Å². The van der Waals surface area contributed by atoms with Crippen LogP contribution in [0.1, 0.15) is 64.7 Å².